The largest absolute Gasteiger partial charge is 0.493 e. The summed E-state index contributed by atoms with van der Waals surface area (Å²) in [5.41, 5.74) is 2.21. The summed E-state index contributed by atoms with van der Waals surface area (Å²) in [6.07, 6.45) is 3.65. The molecule has 2 aromatic rings. The third-order valence-electron chi connectivity index (χ3n) is 3.82. The molecule has 0 unspecified atom stereocenters. The van der Waals surface area contributed by atoms with E-state index in [9.17, 15) is 0 Å². The maximum absolute atomic E-state index is 5.50. The molecule has 6 heteroatoms. The van der Waals surface area contributed by atoms with Crippen LogP contribution in [0.1, 0.15) is 24.3 Å². The number of halogens is 1. The summed E-state index contributed by atoms with van der Waals surface area (Å²) in [5, 5.41) is 7.41. The molecule has 1 aliphatic carbocycles. The molecule has 1 aromatic heterocycles. The van der Waals surface area contributed by atoms with Crippen molar-refractivity contribution in [3.05, 3.63) is 29.7 Å². The van der Waals surface area contributed by atoms with Gasteiger partial charge in [-0.1, -0.05) is 5.16 Å². The fourth-order valence-corrected chi connectivity index (χ4v) is 2.47. The first-order valence-electron chi connectivity index (χ1n) is 7.18. The van der Waals surface area contributed by atoms with Gasteiger partial charge in [0.2, 0.25) is 11.7 Å². The second kappa shape index (κ2) is 6.03. The first-order valence-corrected chi connectivity index (χ1v) is 7.18. The van der Waals surface area contributed by atoms with Crippen molar-refractivity contribution in [2.45, 2.75) is 25.8 Å². The quantitative estimate of drug-likeness (QED) is 0.920. The van der Waals surface area contributed by atoms with Crippen LogP contribution < -0.4 is 10.1 Å². The van der Waals surface area contributed by atoms with Crippen LogP contribution in [0.25, 0.3) is 11.4 Å². The minimum Gasteiger partial charge on any atom is -0.493 e. The molecule has 112 valence electrons. The van der Waals surface area contributed by atoms with Crippen LogP contribution in [0.4, 0.5) is 0 Å². The lowest BCUT2D eigenvalue weighted by Gasteiger charge is -1.99. The predicted molar refractivity (Wildman–Crippen MR) is 80.6 cm³/mol. The van der Waals surface area contributed by atoms with Crippen molar-refractivity contribution in [1.82, 2.24) is 15.5 Å². The van der Waals surface area contributed by atoms with Crippen LogP contribution >= 0.6 is 12.4 Å². The smallest absolute Gasteiger partial charge is 0.240 e. The number of rotatable bonds is 5. The molecule has 2 heterocycles. The lowest BCUT2D eigenvalue weighted by molar-refractivity contribution is 0.357. The zero-order valence-corrected chi connectivity index (χ0v) is 12.5. The first-order chi connectivity index (χ1) is 9.88. The van der Waals surface area contributed by atoms with Crippen LogP contribution in [0.3, 0.4) is 0 Å². The van der Waals surface area contributed by atoms with E-state index in [1.165, 1.54) is 18.4 Å². The molecule has 1 N–H and O–H groups in total. The number of benzene rings is 1. The Kier molecular flexibility index (Phi) is 4.12. The van der Waals surface area contributed by atoms with Crippen molar-refractivity contribution < 1.29 is 9.26 Å². The second-order valence-corrected chi connectivity index (χ2v) is 5.51. The number of hydrogen-bond acceptors (Lipinski definition) is 5. The van der Waals surface area contributed by atoms with Crippen LogP contribution in [0.2, 0.25) is 0 Å². The third-order valence-corrected chi connectivity index (χ3v) is 3.82. The van der Waals surface area contributed by atoms with Gasteiger partial charge >= 0.3 is 0 Å². The van der Waals surface area contributed by atoms with Crippen LogP contribution in [0.15, 0.2) is 22.7 Å². The summed E-state index contributed by atoms with van der Waals surface area (Å²) in [4.78, 5) is 4.44. The van der Waals surface area contributed by atoms with Gasteiger partial charge in [-0.15, -0.1) is 12.4 Å². The Bertz CT molecular complexity index is 625. The molecule has 1 aromatic carbocycles. The molecule has 1 fully saturated rings. The van der Waals surface area contributed by atoms with Gasteiger partial charge in [-0.3, -0.25) is 0 Å². The summed E-state index contributed by atoms with van der Waals surface area (Å²) in [6, 6.07) is 6.06. The fourth-order valence-electron chi connectivity index (χ4n) is 2.47. The Balaban J connectivity index is 0.00000132. The molecular weight excluding hydrogens is 290 g/mol. The van der Waals surface area contributed by atoms with Crippen LogP contribution in [-0.2, 0) is 13.0 Å². The molecule has 0 bridgehead atoms. The summed E-state index contributed by atoms with van der Waals surface area (Å²) in [7, 11) is 0. The monoisotopic (exact) mass is 307 g/mol. The molecule has 0 amide bonds. The van der Waals surface area contributed by atoms with Gasteiger partial charge < -0.3 is 14.6 Å². The van der Waals surface area contributed by atoms with E-state index in [0.717, 1.165) is 36.8 Å². The molecule has 1 saturated carbocycles. The maximum Gasteiger partial charge on any atom is 0.240 e. The lowest BCUT2D eigenvalue weighted by Crippen LogP contribution is -2.16. The molecule has 1 aliphatic heterocycles. The van der Waals surface area contributed by atoms with Gasteiger partial charge in [0.1, 0.15) is 5.75 Å². The Morgan fingerprint density at radius 3 is 3.05 bits per heavy atom. The highest BCUT2D eigenvalue weighted by Crippen LogP contribution is 2.29. The van der Waals surface area contributed by atoms with Gasteiger partial charge in [-0.25, -0.2) is 0 Å². The average molecular weight is 308 g/mol. The van der Waals surface area contributed by atoms with E-state index >= 15 is 0 Å². The number of nitrogens with zero attached hydrogens (tertiary/aromatic N) is 2. The van der Waals surface area contributed by atoms with E-state index in [0.29, 0.717) is 18.3 Å². The fraction of sp³-hybridized carbons (Fsp3) is 0.467. The Labute approximate surface area is 129 Å². The van der Waals surface area contributed by atoms with Gasteiger partial charge in [0.25, 0.3) is 0 Å². The SMILES string of the molecule is Cl.c1cc2c(cc1-c1noc(CNCC3CC3)n1)CCO2. The second-order valence-electron chi connectivity index (χ2n) is 5.51. The first kappa shape index (κ1) is 14.4. The van der Waals surface area contributed by atoms with Crippen LogP contribution in [0.5, 0.6) is 5.75 Å². The summed E-state index contributed by atoms with van der Waals surface area (Å²) >= 11 is 0. The Morgan fingerprint density at radius 1 is 1.29 bits per heavy atom. The standard InChI is InChI=1S/C15H17N3O2.ClH/c1-2-10(1)8-16-9-14-17-15(18-20-14)12-3-4-13-11(7-12)5-6-19-13;/h3-4,7,10,16H,1-2,5-6,8-9H2;1H. The van der Waals surface area contributed by atoms with E-state index in [1.54, 1.807) is 0 Å². The van der Waals surface area contributed by atoms with Crippen molar-refractivity contribution in [3.8, 4) is 17.1 Å². The van der Waals surface area contributed by atoms with E-state index in [1.807, 2.05) is 12.1 Å². The van der Waals surface area contributed by atoms with E-state index in [-0.39, 0.29) is 12.4 Å². The highest BCUT2D eigenvalue weighted by Gasteiger charge is 2.21. The third kappa shape index (κ3) is 3.19. The molecule has 0 saturated heterocycles. The van der Waals surface area contributed by atoms with E-state index in [4.69, 9.17) is 9.26 Å². The molecular formula is C15H18ClN3O2. The van der Waals surface area contributed by atoms with Crippen molar-refractivity contribution in [2.75, 3.05) is 13.2 Å². The zero-order valence-electron chi connectivity index (χ0n) is 11.7. The molecule has 4 rings (SSSR count). The minimum atomic E-state index is 0. The minimum absolute atomic E-state index is 0. The van der Waals surface area contributed by atoms with Gasteiger partial charge in [0, 0.05) is 12.0 Å². The predicted octanol–water partition coefficient (Wildman–Crippen LogP) is 2.59. The summed E-state index contributed by atoms with van der Waals surface area (Å²) < 4.78 is 10.8. The summed E-state index contributed by atoms with van der Waals surface area (Å²) in [5.74, 6) is 3.14. The van der Waals surface area contributed by atoms with Gasteiger partial charge in [0.05, 0.1) is 13.2 Å². The molecule has 0 spiro atoms. The van der Waals surface area contributed by atoms with Crippen LogP contribution in [-0.4, -0.2) is 23.3 Å². The zero-order chi connectivity index (χ0) is 13.4. The Morgan fingerprint density at radius 2 is 2.19 bits per heavy atom. The Hall–Kier alpha value is -1.59. The number of ether oxygens (including phenoxy) is 1. The molecule has 21 heavy (non-hydrogen) atoms. The molecule has 0 atom stereocenters. The lowest BCUT2D eigenvalue weighted by atomic mass is 10.1. The number of aromatic nitrogens is 2. The molecule has 0 radical (unpaired) electrons. The number of hydrogen-bond donors (Lipinski definition) is 1. The number of nitrogens with one attached hydrogen (secondary N) is 1. The van der Waals surface area contributed by atoms with E-state index < -0.39 is 0 Å². The average Bonchev–Trinajstić information content (AvgIpc) is 2.99. The highest BCUT2D eigenvalue weighted by molar-refractivity contribution is 5.85. The van der Waals surface area contributed by atoms with Crippen molar-refractivity contribution >= 4 is 12.4 Å². The maximum atomic E-state index is 5.50. The number of fused-ring (bicyclic) bond motifs is 1. The van der Waals surface area contributed by atoms with Crippen molar-refractivity contribution in [3.63, 3.8) is 0 Å². The van der Waals surface area contributed by atoms with Gasteiger partial charge in [-0.2, -0.15) is 4.98 Å². The molecule has 5 nitrogen and oxygen atoms in total. The van der Waals surface area contributed by atoms with Gasteiger partial charge in [0.15, 0.2) is 0 Å². The normalized spacial score (nSPS) is 16.2. The summed E-state index contributed by atoms with van der Waals surface area (Å²) in [6.45, 7) is 2.47. The van der Waals surface area contributed by atoms with Gasteiger partial charge in [-0.05, 0) is 49.1 Å². The van der Waals surface area contributed by atoms with E-state index in [2.05, 4.69) is 21.5 Å². The highest BCUT2D eigenvalue weighted by atomic mass is 35.5. The van der Waals surface area contributed by atoms with Crippen LogP contribution in [0, 0.1) is 5.92 Å². The topological polar surface area (TPSA) is 60.2 Å². The van der Waals surface area contributed by atoms with Crippen molar-refractivity contribution in [2.24, 2.45) is 5.92 Å². The molecule has 2 aliphatic rings. The van der Waals surface area contributed by atoms with Crippen molar-refractivity contribution in [1.29, 1.82) is 0 Å².